The van der Waals surface area contributed by atoms with E-state index in [9.17, 15) is 0 Å². The number of nitrogens with zero attached hydrogens (tertiary/aromatic N) is 1. The van der Waals surface area contributed by atoms with Crippen molar-refractivity contribution in [1.29, 1.82) is 0 Å². The van der Waals surface area contributed by atoms with E-state index >= 15 is 0 Å². The second kappa shape index (κ2) is 24.3. The van der Waals surface area contributed by atoms with Crippen LogP contribution in [0, 0.1) is 0 Å². The number of hydrogen-bond acceptors (Lipinski definition) is 1. The predicted molar refractivity (Wildman–Crippen MR) is 152 cm³/mol. The summed E-state index contributed by atoms with van der Waals surface area (Å²) < 4.78 is 2.56. The first-order valence-corrected chi connectivity index (χ1v) is 25.7. The molecule has 1 nitrogen and oxygen atoms in total. The minimum atomic E-state index is -1.21. The summed E-state index contributed by atoms with van der Waals surface area (Å²) in [6, 6.07) is 0. The molecule has 0 saturated carbocycles. The fraction of sp³-hybridized carbons (Fsp3) is 0.947. The minimum absolute atomic E-state index is 0.137. The van der Waals surface area contributed by atoms with Crippen LogP contribution in [0.15, 0.2) is 0 Å². The van der Waals surface area contributed by atoms with Crippen LogP contribution in [0.4, 0.5) is 0 Å². The van der Waals surface area contributed by atoms with Crippen LogP contribution in [0.25, 0.3) is 0 Å². The summed E-state index contributed by atoms with van der Waals surface area (Å²) in [7, 11) is 3.54. The van der Waals surface area contributed by atoms with Gasteiger partial charge in [0.1, 0.15) is 16.5 Å². The van der Waals surface area contributed by atoms with Crippen molar-refractivity contribution in [3.63, 3.8) is 0 Å². The molecule has 0 unspecified atom stereocenters. The average molecular weight is 708 g/mol. The zero-order valence-corrected chi connectivity index (χ0v) is 29.4. The SMILES string of the molecule is CC[PH+](CC)CC.CC[PH+](CC)CC.C[Si](C)(C)N(P=[C-]Cl)[Si](C)(C)C.[Cl][Pt+]. The molecule has 0 aliphatic carbocycles. The molecular weight excluding hydrogens is 657 g/mol. The number of rotatable bonds is 9. The molecule has 0 atom stereocenters. The van der Waals surface area contributed by atoms with Crippen molar-refractivity contribution in [2.24, 2.45) is 0 Å². The fourth-order valence-corrected chi connectivity index (χ4v) is 17.3. The van der Waals surface area contributed by atoms with E-state index in [4.69, 9.17) is 11.6 Å². The van der Waals surface area contributed by atoms with Gasteiger partial charge in [-0.05, 0) is 57.4 Å². The van der Waals surface area contributed by atoms with Crippen LogP contribution in [0.3, 0.4) is 0 Å². The third-order valence-corrected chi connectivity index (χ3v) is 21.7. The molecule has 28 heavy (non-hydrogen) atoms. The van der Waals surface area contributed by atoms with Crippen molar-refractivity contribution < 1.29 is 18.8 Å². The average Bonchev–Trinajstić information content (AvgIpc) is 2.63. The Kier molecular flexibility index (Phi) is 33.0. The summed E-state index contributed by atoms with van der Waals surface area (Å²) in [6.07, 6.45) is 8.74. The molecular formula is C19H50Cl2NP3PtSi2+2. The second-order valence-electron chi connectivity index (χ2n) is 8.46. The van der Waals surface area contributed by atoms with E-state index in [0.717, 1.165) is 8.35 Å². The fourth-order valence-electron chi connectivity index (χ4n) is 2.84. The first kappa shape index (κ1) is 38.0. The third kappa shape index (κ3) is 25.0. The van der Waals surface area contributed by atoms with Gasteiger partial charge in [0.05, 0.1) is 37.0 Å². The van der Waals surface area contributed by atoms with E-state index in [2.05, 4.69) is 99.5 Å². The zero-order chi connectivity index (χ0) is 23.4. The van der Waals surface area contributed by atoms with Crippen molar-refractivity contribution in [3.05, 3.63) is 0 Å². The van der Waals surface area contributed by atoms with Crippen molar-refractivity contribution in [1.82, 2.24) is 4.00 Å². The van der Waals surface area contributed by atoms with Crippen LogP contribution < -0.4 is 0 Å². The van der Waals surface area contributed by atoms with Gasteiger partial charge >= 0.3 is 28.2 Å². The maximum atomic E-state index is 5.55. The normalized spacial score (nSPS) is 11.7. The summed E-state index contributed by atoms with van der Waals surface area (Å²) in [4.78, 5) is 0. The van der Waals surface area contributed by atoms with Gasteiger partial charge in [-0.15, -0.1) is 0 Å². The van der Waals surface area contributed by atoms with Crippen molar-refractivity contribution >= 4 is 66.9 Å². The predicted octanol–water partition coefficient (Wildman–Crippen LogP) is 8.90. The molecule has 0 aliphatic rings. The summed E-state index contributed by atoms with van der Waals surface area (Å²) in [5.74, 6) is 0. The topological polar surface area (TPSA) is 3.24 Å². The molecule has 9 heteroatoms. The molecule has 0 radical (unpaired) electrons. The van der Waals surface area contributed by atoms with E-state index in [1.165, 1.54) is 37.0 Å². The van der Waals surface area contributed by atoms with Crippen LogP contribution in [-0.2, 0) is 18.8 Å². The van der Waals surface area contributed by atoms with Gasteiger partial charge in [-0.3, -0.25) is 0 Å². The Morgan fingerprint density at radius 2 is 0.893 bits per heavy atom. The summed E-state index contributed by atoms with van der Waals surface area (Å²) in [6.45, 7) is 28.0. The quantitative estimate of drug-likeness (QED) is 0.132. The molecule has 0 amide bonds. The van der Waals surface area contributed by atoms with Gasteiger partial charge in [0, 0.05) is 0 Å². The third-order valence-electron chi connectivity index (χ3n) is 4.41. The second-order valence-corrected chi connectivity index (χ2v) is 27.8. The van der Waals surface area contributed by atoms with Crippen LogP contribution >= 0.6 is 45.2 Å². The molecule has 0 heterocycles. The van der Waals surface area contributed by atoms with Gasteiger partial charge in [0.25, 0.3) is 0 Å². The first-order valence-electron chi connectivity index (χ1n) is 10.5. The van der Waals surface area contributed by atoms with Crippen molar-refractivity contribution in [2.75, 3.05) is 37.0 Å². The molecule has 0 bridgehead atoms. The summed E-state index contributed by atoms with van der Waals surface area (Å²) in [5.41, 5.74) is 0. The molecule has 0 N–H and O–H groups in total. The van der Waals surface area contributed by atoms with Crippen LogP contribution in [0.1, 0.15) is 41.5 Å². The Bertz CT molecular complexity index is 297. The van der Waals surface area contributed by atoms with Gasteiger partial charge in [-0.25, -0.2) is 8.35 Å². The monoisotopic (exact) mass is 706 g/mol. The van der Waals surface area contributed by atoms with E-state index in [-0.39, 0.29) is 15.8 Å². The Morgan fingerprint density at radius 3 is 0.929 bits per heavy atom. The molecule has 0 fully saturated rings. The Balaban J connectivity index is -0.000000156. The molecule has 0 saturated heterocycles. The molecule has 0 spiro atoms. The summed E-state index contributed by atoms with van der Waals surface area (Å²) in [5, 5.41) is 2.72. The molecule has 0 aliphatic heterocycles. The molecule has 176 valence electrons. The van der Waals surface area contributed by atoms with Crippen LogP contribution in [-0.4, -0.2) is 62.7 Å². The summed E-state index contributed by atoms with van der Waals surface area (Å²) >= 11 is 7.16. The van der Waals surface area contributed by atoms with E-state index in [1.807, 2.05) is 0 Å². The molecule has 0 aromatic heterocycles. The van der Waals surface area contributed by atoms with E-state index in [1.54, 1.807) is 18.8 Å². The van der Waals surface area contributed by atoms with Gasteiger partial charge in [0.2, 0.25) is 0 Å². The van der Waals surface area contributed by atoms with E-state index in [0.29, 0.717) is 0 Å². The molecule has 0 aromatic rings. The van der Waals surface area contributed by atoms with Gasteiger partial charge in [-0.1, -0.05) is 39.3 Å². The van der Waals surface area contributed by atoms with Gasteiger partial charge in [0.15, 0.2) is 0 Å². The van der Waals surface area contributed by atoms with Crippen molar-refractivity contribution in [3.8, 4) is 0 Å². The van der Waals surface area contributed by atoms with Gasteiger partial charge < -0.3 is 20.9 Å². The number of halogens is 2. The Labute approximate surface area is 206 Å². The molecule has 0 rings (SSSR count). The van der Waals surface area contributed by atoms with Crippen molar-refractivity contribution in [2.45, 2.75) is 80.8 Å². The van der Waals surface area contributed by atoms with Crippen LogP contribution in [0.5, 0.6) is 0 Å². The standard InChI is InChI=1S/C7H18ClNPSi2.2C6H15P.ClH.Pt/c1-11(2,3)9(10-7-8)12(4,5)6;2*1-4-7(5-2)6-3;;/h1-6H3;2*4-6H2,1-3H3;1H;/q-1;;;;+2/p+1. The Hall–Kier alpha value is 2.69. The first-order chi connectivity index (χ1) is 12.9. The molecule has 0 aromatic carbocycles. The Morgan fingerprint density at radius 1 is 0.679 bits per heavy atom. The maximum absolute atomic E-state index is 5.55. The van der Waals surface area contributed by atoms with Crippen LogP contribution in [0.2, 0.25) is 39.3 Å². The van der Waals surface area contributed by atoms with Gasteiger partial charge in [-0.2, -0.15) is 0 Å². The number of hydrogen-bond donors (Lipinski definition) is 0. The zero-order valence-electron chi connectivity index (χ0n) is 20.7. The van der Waals surface area contributed by atoms with E-state index < -0.39 is 16.5 Å².